The van der Waals surface area contributed by atoms with Crippen LogP contribution in [-0.2, 0) is 24.0 Å². The van der Waals surface area contributed by atoms with Crippen molar-refractivity contribution < 1.29 is 4.74 Å². The molecule has 1 aromatic rings. The van der Waals surface area contributed by atoms with Crippen LogP contribution in [0.1, 0.15) is 61.9 Å². The molecule has 2 aliphatic rings. The lowest BCUT2D eigenvalue weighted by atomic mass is 9.86. The van der Waals surface area contributed by atoms with Crippen LogP contribution < -0.4 is 5.32 Å². The Balaban J connectivity index is 1.91. The summed E-state index contributed by atoms with van der Waals surface area (Å²) in [4.78, 5) is 4.87. The number of ether oxygens (including phenoxy) is 1. The first-order valence-electron chi connectivity index (χ1n) is 8.99. The maximum absolute atomic E-state index is 9.68. The van der Waals surface area contributed by atoms with Crippen LogP contribution in [0.15, 0.2) is 0 Å². The number of nitrogens with one attached hydrogen (secondary N) is 1. The van der Waals surface area contributed by atoms with Crippen molar-refractivity contribution in [3.05, 3.63) is 22.4 Å². The summed E-state index contributed by atoms with van der Waals surface area (Å²) in [5.41, 5.74) is 4.57. The van der Waals surface area contributed by atoms with E-state index < -0.39 is 0 Å². The van der Waals surface area contributed by atoms with E-state index in [9.17, 15) is 5.26 Å². The predicted octanol–water partition coefficient (Wildman–Crippen LogP) is 3.62. The van der Waals surface area contributed by atoms with Crippen LogP contribution in [0.4, 0.5) is 5.82 Å². The normalized spacial score (nSPS) is 20.3. The Labute approximate surface area is 139 Å². The molecular weight excluding hydrogens is 286 g/mol. The van der Waals surface area contributed by atoms with E-state index in [1.807, 2.05) is 0 Å². The van der Waals surface area contributed by atoms with Gasteiger partial charge in [0.1, 0.15) is 11.9 Å². The number of anilines is 1. The van der Waals surface area contributed by atoms with Gasteiger partial charge in [0.25, 0.3) is 0 Å². The molecule has 23 heavy (non-hydrogen) atoms. The average molecular weight is 313 g/mol. The first kappa shape index (κ1) is 16.3. The number of hydrogen-bond donors (Lipinski definition) is 1. The molecule has 1 N–H and O–H groups in total. The molecule has 1 saturated heterocycles. The first-order valence-corrected chi connectivity index (χ1v) is 8.99. The third-order valence-corrected chi connectivity index (χ3v) is 4.84. The summed E-state index contributed by atoms with van der Waals surface area (Å²) in [7, 11) is 0. The topological polar surface area (TPSA) is 57.9 Å². The molecule has 1 atom stereocenters. The maximum atomic E-state index is 9.68. The summed E-state index contributed by atoms with van der Waals surface area (Å²) < 4.78 is 5.68. The van der Waals surface area contributed by atoms with Gasteiger partial charge in [-0.1, -0.05) is 13.8 Å². The number of nitriles is 1. The highest BCUT2D eigenvalue weighted by Gasteiger charge is 2.23. The van der Waals surface area contributed by atoms with Gasteiger partial charge in [-0.05, 0) is 62.0 Å². The van der Waals surface area contributed by atoms with E-state index in [4.69, 9.17) is 9.72 Å². The van der Waals surface area contributed by atoms with Gasteiger partial charge in [-0.2, -0.15) is 5.26 Å². The minimum Gasteiger partial charge on any atom is -0.376 e. The third-order valence-electron chi connectivity index (χ3n) is 4.84. The average Bonchev–Trinajstić information content (AvgIpc) is 3.06. The fourth-order valence-corrected chi connectivity index (χ4v) is 3.72. The van der Waals surface area contributed by atoms with Crippen molar-refractivity contribution in [3.8, 4) is 6.07 Å². The number of pyridine rings is 1. The van der Waals surface area contributed by atoms with Crippen LogP contribution in [0.25, 0.3) is 0 Å². The molecule has 0 aromatic carbocycles. The Morgan fingerprint density at radius 2 is 2.04 bits per heavy atom. The van der Waals surface area contributed by atoms with Gasteiger partial charge in [0, 0.05) is 18.8 Å². The zero-order valence-electron chi connectivity index (χ0n) is 14.3. The van der Waals surface area contributed by atoms with E-state index in [2.05, 4.69) is 25.2 Å². The Hall–Kier alpha value is -1.60. The van der Waals surface area contributed by atoms with Crippen LogP contribution in [0, 0.1) is 17.2 Å². The van der Waals surface area contributed by atoms with E-state index in [1.165, 1.54) is 29.7 Å². The van der Waals surface area contributed by atoms with Gasteiger partial charge in [0.05, 0.1) is 11.7 Å². The highest BCUT2D eigenvalue weighted by atomic mass is 16.5. The van der Waals surface area contributed by atoms with Crippen molar-refractivity contribution in [2.45, 2.75) is 64.9 Å². The van der Waals surface area contributed by atoms with Crippen molar-refractivity contribution >= 4 is 5.82 Å². The Bertz CT molecular complexity index is 598. The molecule has 0 bridgehead atoms. The number of aromatic nitrogens is 1. The quantitative estimate of drug-likeness (QED) is 0.902. The SMILES string of the molecule is CC(C)Cc1nc(NCC2CCCO2)c(C#N)c2c1CCCC2. The van der Waals surface area contributed by atoms with Crippen molar-refractivity contribution in [2.24, 2.45) is 5.92 Å². The zero-order chi connectivity index (χ0) is 16.2. The summed E-state index contributed by atoms with van der Waals surface area (Å²) >= 11 is 0. The molecule has 1 aromatic heterocycles. The van der Waals surface area contributed by atoms with Crippen LogP contribution in [0.3, 0.4) is 0 Å². The molecule has 0 radical (unpaired) electrons. The van der Waals surface area contributed by atoms with Gasteiger partial charge in [-0.25, -0.2) is 4.98 Å². The molecule has 124 valence electrons. The van der Waals surface area contributed by atoms with Crippen LogP contribution in [-0.4, -0.2) is 24.2 Å². The van der Waals surface area contributed by atoms with E-state index in [-0.39, 0.29) is 6.10 Å². The molecule has 2 heterocycles. The highest BCUT2D eigenvalue weighted by molar-refractivity contribution is 5.60. The largest absolute Gasteiger partial charge is 0.376 e. The van der Waals surface area contributed by atoms with Crippen LogP contribution >= 0.6 is 0 Å². The summed E-state index contributed by atoms with van der Waals surface area (Å²) in [6.07, 6.45) is 7.96. The number of rotatable bonds is 5. The summed E-state index contributed by atoms with van der Waals surface area (Å²) in [5.74, 6) is 1.35. The number of fused-ring (bicyclic) bond motifs is 1. The van der Waals surface area contributed by atoms with Crippen molar-refractivity contribution in [1.82, 2.24) is 4.98 Å². The monoisotopic (exact) mass is 313 g/mol. The standard InChI is InChI=1S/C19H27N3O/c1-13(2)10-18-16-8-4-3-7-15(16)17(11-20)19(22-18)21-12-14-6-5-9-23-14/h13-14H,3-10,12H2,1-2H3,(H,21,22). The fourth-order valence-electron chi connectivity index (χ4n) is 3.72. The smallest absolute Gasteiger partial charge is 0.144 e. The van der Waals surface area contributed by atoms with Crippen LogP contribution in [0.5, 0.6) is 0 Å². The highest BCUT2D eigenvalue weighted by Crippen LogP contribution is 2.31. The molecule has 4 nitrogen and oxygen atoms in total. The van der Waals surface area contributed by atoms with Crippen molar-refractivity contribution in [2.75, 3.05) is 18.5 Å². The predicted molar refractivity (Wildman–Crippen MR) is 91.6 cm³/mol. The lowest BCUT2D eigenvalue weighted by molar-refractivity contribution is 0.120. The van der Waals surface area contributed by atoms with Crippen molar-refractivity contribution in [3.63, 3.8) is 0 Å². The van der Waals surface area contributed by atoms with Crippen LogP contribution in [0.2, 0.25) is 0 Å². The molecule has 4 heteroatoms. The molecule has 1 fully saturated rings. The summed E-state index contributed by atoms with van der Waals surface area (Å²) in [6.45, 7) is 6.07. The van der Waals surface area contributed by atoms with Crippen molar-refractivity contribution in [1.29, 1.82) is 5.26 Å². The molecule has 1 unspecified atom stereocenters. The Kier molecular flexibility index (Phi) is 5.17. The van der Waals surface area contributed by atoms with Gasteiger partial charge in [0.15, 0.2) is 0 Å². The van der Waals surface area contributed by atoms with Gasteiger partial charge in [-0.15, -0.1) is 0 Å². The van der Waals surface area contributed by atoms with E-state index >= 15 is 0 Å². The zero-order valence-corrected chi connectivity index (χ0v) is 14.3. The Morgan fingerprint density at radius 1 is 1.26 bits per heavy atom. The van der Waals surface area contributed by atoms with Gasteiger partial charge in [-0.3, -0.25) is 0 Å². The minimum atomic E-state index is 0.257. The molecule has 1 aliphatic heterocycles. The Morgan fingerprint density at radius 3 is 2.70 bits per heavy atom. The second-order valence-corrected chi connectivity index (χ2v) is 7.17. The molecule has 0 saturated carbocycles. The molecule has 1 aliphatic carbocycles. The fraction of sp³-hybridized carbons (Fsp3) is 0.684. The molecular formula is C19H27N3O. The third kappa shape index (κ3) is 3.67. The molecule has 3 rings (SSSR count). The lowest BCUT2D eigenvalue weighted by Gasteiger charge is -2.23. The molecule has 0 amide bonds. The van der Waals surface area contributed by atoms with E-state index in [0.717, 1.165) is 56.6 Å². The number of nitrogens with zero attached hydrogens (tertiary/aromatic N) is 2. The molecule has 0 spiro atoms. The van der Waals surface area contributed by atoms with E-state index in [1.54, 1.807) is 0 Å². The van der Waals surface area contributed by atoms with E-state index in [0.29, 0.717) is 5.92 Å². The first-order chi connectivity index (χ1) is 11.2. The minimum absolute atomic E-state index is 0.257. The second kappa shape index (κ2) is 7.31. The van der Waals surface area contributed by atoms with Gasteiger partial charge in [0.2, 0.25) is 0 Å². The van der Waals surface area contributed by atoms with Gasteiger partial charge >= 0.3 is 0 Å². The summed E-state index contributed by atoms with van der Waals surface area (Å²) in [6, 6.07) is 2.41. The lowest BCUT2D eigenvalue weighted by Crippen LogP contribution is -2.22. The number of hydrogen-bond acceptors (Lipinski definition) is 4. The maximum Gasteiger partial charge on any atom is 0.144 e. The van der Waals surface area contributed by atoms with Gasteiger partial charge < -0.3 is 10.1 Å². The summed E-state index contributed by atoms with van der Waals surface area (Å²) in [5, 5.41) is 13.1. The second-order valence-electron chi connectivity index (χ2n) is 7.17.